The molecule has 0 fully saturated rings. The van der Waals surface area contributed by atoms with Crippen LogP contribution in [-0.4, -0.2) is 35.9 Å². The number of hydrogen-bond donors (Lipinski definition) is 2. The van der Waals surface area contributed by atoms with Crippen molar-refractivity contribution in [1.82, 2.24) is 5.32 Å². The molecule has 0 unspecified atom stereocenters. The van der Waals surface area contributed by atoms with Gasteiger partial charge in [0, 0.05) is 0 Å². The molecule has 2 N–H and O–H groups in total. The Morgan fingerprint density at radius 1 is 1.22 bits per heavy atom. The van der Waals surface area contributed by atoms with Gasteiger partial charge in [0.15, 0.2) is 0 Å². The number of nitrogens with one attached hydrogen (secondary N) is 1. The number of amides is 1. The Hall–Kier alpha value is -2.09. The summed E-state index contributed by atoms with van der Waals surface area (Å²) in [6.07, 6.45) is -5.90. The summed E-state index contributed by atoms with van der Waals surface area (Å²) in [7, 11) is 0. The van der Waals surface area contributed by atoms with Crippen molar-refractivity contribution in [2.45, 2.75) is 32.2 Å². The number of aliphatic carboxylic acids is 1. The summed E-state index contributed by atoms with van der Waals surface area (Å²) in [6, 6.07) is 7.46. The van der Waals surface area contributed by atoms with E-state index in [1.807, 2.05) is 0 Å². The number of benzene rings is 1. The number of carboxylic acid groups (broad SMARTS) is 1. The Morgan fingerprint density at radius 2 is 1.78 bits per heavy atom. The molecule has 0 heterocycles. The van der Waals surface area contributed by atoms with E-state index >= 15 is 0 Å². The zero-order valence-electron chi connectivity index (χ0n) is 12.6. The molecular formula is C15H18F3NO4. The normalized spacial score (nSPS) is 15.5. The van der Waals surface area contributed by atoms with Crippen molar-refractivity contribution < 1.29 is 32.6 Å². The van der Waals surface area contributed by atoms with E-state index in [0.717, 1.165) is 0 Å². The number of carboxylic acids is 1. The molecular weight excluding hydrogens is 315 g/mol. The lowest BCUT2D eigenvalue weighted by Crippen LogP contribution is -2.42. The molecule has 1 aromatic rings. The fourth-order valence-corrected chi connectivity index (χ4v) is 1.87. The third-order valence-corrected chi connectivity index (χ3v) is 3.21. The van der Waals surface area contributed by atoms with E-state index in [2.05, 4.69) is 10.1 Å². The predicted molar refractivity (Wildman–Crippen MR) is 75.6 cm³/mol. The van der Waals surface area contributed by atoms with Crippen LogP contribution in [0, 0.1) is 5.92 Å². The third-order valence-electron chi connectivity index (χ3n) is 3.21. The maximum Gasteiger partial charge on any atom is 0.411 e. The summed E-state index contributed by atoms with van der Waals surface area (Å²) in [5.74, 6) is -2.91. The van der Waals surface area contributed by atoms with Gasteiger partial charge in [-0.2, -0.15) is 13.2 Å². The van der Waals surface area contributed by atoms with Crippen molar-refractivity contribution in [3.8, 4) is 0 Å². The van der Waals surface area contributed by atoms with Gasteiger partial charge in [0.25, 0.3) is 0 Å². The number of hydrogen-bond acceptors (Lipinski definition) is 3. The summed E-state index contributed by atoms with van der Waals surface area (Å²) in [5.41, 5.74) is 0.541. The van der Waals surface area contributed by atoms with Crippen molar-refractivity contribution in [3.63, 3.8) is 0 Å². The van der Waals surface area contributed by atoms with Crippen LogP contribution in [0.2, 0.25) is 0 Å². The average Bonchev–Trinajstić information content (AvgIpc) is 2.49. The average molecular weight is 333 g/mol. The van der Waals surface area contributed by atoms with Gasteiger partial charge in [-0.05, 0) is 19.4 Å². The lowest BCUT2D eigenvalue weighted by molar-refractivity contribution is -0.185. The number of rotatable bonds is 7. The van der Waals surface area contributed by atoms with Crippen LogP contribution in [0.5, 0.6) is 0 Å². The van der Waals surface area contributed by atoms with E-state index in [1.54, 1.807) is 30.3 Å². The molecule has 8 heteroatoms. The summed E-state index contributed by atoms with van der Waals surface area (Å²) in [4.78, 5) is 23.2. The van der Waals surface area contributed by atoms with Gasteiger partial charge in [0.1, 0.15) is 12.7 Å². The minimum Gasteiger partial charge on any atom is -0.481 e. The van der Waals surface area contributed by atoms with E-state index < -0.39 is 42.7 Å². The van der Waals surface area contributed by atoms with E-state index in [0.29, 0.717) is 5.56 Å². The maximum atomic E-state index is 12.1. The van der Waals surface area contributed by atoms with Crippen LogP contribution in [0.3, 0.4) is 0 Å². The van der Waals surface area contributed by atoms with Crippen LogP contribution in [-0.2, 0) is 14.3 Å². The molecule has 5 nitrogen and oxygen atoms in total. The van der Waals surface area contributed by atoms with Gasteiger partial charge in [-0.1, -0.05) is 30.3 Å². The van der Waals surface area contributed by atoms with E-state index in [1.165, 1.54) is 13.8 Å². The van der Waals surface area contributed by atoms with Gasteiger partial charge < -0.3 is 15.2 Å². The van der Waals surface area contributed by atoms with Crippen molar-refractivity contribution in [2.75, 3.05) is 6.61 Å². The Morgan fingerprint density at radius 3 is 2.26 bits per heavy atom. The van der Waals surface area contributed by atoms with Gasteiger partial charge in [-0.25, -0.2) is 0 Å². The molecule has 0 saturated heterocycles. The molecule has 0 radical (unpaired) electrons. The second kappa shape index (κ2) is 7.96. The fraction of sp³-hybridized carbons (Fsp3) is 0.467. The number of ether oxygens (including phenoxy) is 1. The lowest BCUT2D eigenvalue weighted by atomic mass is 9.94. The molecule has 0 aromatic heterocycles. The lowest BCUT2D eigenvalue weighted by Gasteiger charge is -2.25. The Balaban J connectivity index is 2.81. The van der Waals surface area contributed by atoms with Crippen molar-refractivity contribution in [3.05, 3.63) is 35.9 Å². The Kier molecular flexibility index (Phi) is 6.56. The zero-order chi connectivity index (χ0) is 17.6. The van der Waals surface area contributed by atoms with Gasteiger partial charge in [-0.15, -0.1) is 0 Å². The highest BCUT2D eigenvalue weighted by Crippen LogP contribution is 2.23. The van der Waals surface area contributed by atoms with Crippen LogP contribution in [0.15, 0.2) is 30.3 Å². The highest BCUT2D eigenvalue weighted by atomic mass is 19.4. The number of alkyl halides is 3. The Bertz CT molecular complexity index is 533. The molecule has 1 aromatic carbocycles. The molecule has 0 aliphatic rings. The summed E-state index contributed by atoms with van der Waals surface area (Å²) in [5, 5.41) is 11.6. The summed E-state index contributed by atoms with van der Waals surface area (Å²) < 4.78 is 40.8. The second-order valence-corrected chi connectivity index (χ2v) is 5.09. The molecule has 128 valence electrons. The van der Waals surface area contributed by atoms with Crippen molar-refractivity contribution in [2.24, 2.45) is 5.92 Å². The molecule has 0 saturated carbocycles. The predicted octanol–water partition coefficient (Wildman–Crippen LogP) is 2.53. The van der Waals surface area contributed by atoms with Gasteiger partial charge >= 0.3 is 12.1 Å². The highest BCUT2D eigenvalue weighted by molar-refractivity contribution is 5.82. The molecule has 0 aliphatic heterocycles. The second-order valence-electron chi connectivity index (χ2n) is 5.09. The van der Waals surface area contributed by atoms with Crippen LogP contribution in [0.1, 0.15) is 25.5 Å². The summed E-state index contributed by atoms with van der Waals surface area (Å²) in [6.45, 7) is 1.03. The Labute approximate surface area is 131 Å². The molecule has 1 rings (SSSR count). The smallest absolute Gasteiger partial charge is 0.411 e. The van der Waals surface area contributed by atoms with Crippen LogP contribution in [0.4, 0.5) is 13.2 Å². The van der Waals surface area contributed by atoms with Gasteiger partial charge in [0.05, 0.1) is 12.0 Å². The molecule has 0 spiro atoms. The quantitative estimate of drug-likeness (QED) is 0.804. The summed E-state index contributed by atoms with van der Waals surface area (Å²) >= 11 is 0. The molecule has 1 amide bonds. The number of carbonyl (C=O) groups is 2. The van der Waals surface area contributed by atoms with E-state index in [9.17, 15) is 22.8 Å². The minimum absolute atomic E-state index is 0.541. The van der Waals surface area contributed by atoms with Crippen LogP contribution in [0.25, 0.3) is 0 Å². The van der Waals surface area contributed by atoms with Gasteiger partial charge in [0.2, 0.25) is 5.91 Å². The monoisotopic (exact) mass is 333 g/mol. The van der Waals surface area contributed by atoms with Crippen molar-refractivity contribution >= 4 is 11.9 Å². The first kappa shape index (κ1) is 19.0. The SMILES string of the molecule is C[C@H](OCC(F)(F)F)C(=O)N[C@@H](c1ccccc1)[C@@H](C)C(=O)O. The highest BCUT2D eigenvalue weighted by Gasteiger charge is 2.32. The first-order chi connectivity index (χ1) is 10.6. The van der Waals surface area contributed by atoms with Crippen LogP contribution >= 0.6 is 0 Å². The largest absolute Gasteiger partial charge is 0.481 e. The topological polar surface area (TPSA) is 75.6 Å². The first-order valence-electron chi connectivity index (χ1n) is 6.88. The fourth-order valence-electron chi connectivity index (χ4n) is 1.87. The third kappa shape index (κ3) is 6.27. The van der Waals surface area contributed by atoms with E-state index in [4.69, 9.17) is 5.11 Å². The molecule has 0 bridgehead atoms. The number of carbonyl (C=O) groups excluding carboxylic acids is 1. The standard InChI is InChI=1S/C15H18F3NO4/c1-9(14(21)22)12(11-6-4-3-5-7-11)19-13(20)10(2)23-8-15(16,17)18/h3-7,9-10,12H,8H2,1-2H3,(H,19,20)(H,21,22)/t9-,10+,12-/m1/s1. The van der Waals surface area contributed by atoms with Crippen LogP contribution < -0.4 is 5.32 Å². The zero-order valence-corrected chi connectivity index (χ0v) is 12.6. The van der Waals surface area contributed by atoms with Crippen molar-refractivity contribution in [1.29, 1.82) is 0 Å². The molecule has 3 atom stereocenters. The maximum absolute atomic E-state index is 12.1. The molecule has 0 aliphatic carbocycles. The van der Waals surface area contributed by atoms with Gasteiger partial charge in [-0.3, -0.25) is 9.59 Å². The number of halogens is 3. The molecule has 23 heavy (non-hydrogen) atoms. The minimum atomic E-state index is -4.54. The van der Waals surface area contributed by atoms with E-state index in [-0.39, 0.29) is 0 Å². The first-order valence-corrected chi connectivity index (χ1v) is 6.88.